The van der Waals surface area contributed by atoms with E-state index in [1.54, 1.807) is 19.2 Å². The summed E-state index contributed by atoms with van der Waals surface area (Å²) < 4.78 is 5.11. The molecule has 2 aromatic rings. The van der Waals surface area contributed by atoms with E-state index in [0.29, 0.717) is 23.7 Å². The number of carbonyl (C=O) groups excluding carboxylic acids is 1. The number of hydrogen-bond donors (Lipinski definition) is 2. The van der Waals surface area contributed by atoms with Gasteiger partial charge in [0.25, 0.3) is 0 Å². The Hall–Kier alpha value is -2.20. The summed E-state index contributed by atoms with van der Waals surface area (Å²) in [6.07, 6.45) is 0.372. The number of nitrogens with one attached hydrogen (secondary N) is 2. The average Bonchev–Trinajstić information content (AvgIpc) is 2.51. The standard InChI is InChI=1S/C18H21ClN2O2/c1-12-4-5-13(2)16(10-12)21-18(22)8-9-20-14-6-7-17(23-3)15(19)11-14/h4-7,10-11,20H,8-9H2,1-3H3,(H,21,22). The molecule has 2 N–H and O–H groups in total. The molecule has 0 bridgehead atoms. The molecule has 2 aromatic carbocycles. The summed E-state index contributed by atoms with van der Waals surface area (Å²) in [4.78, 5) is 12.0. The van der Waals surface area contributed by atoms with Gasteiger partial charge in [-0.1, -0.05) is 23.7 Å². The topological polar surface area (TPSA) is 50.4 Å². The zero-order valence-corrected chi connectivity index (χ0v) is 14.3. The van der Waals surface area contributed by atoms with E-state index in [-0.39, 0.29) is 5.91 Å². The van der Waals surface area contributed by atoms with Crippen molar-refractivity contribution < 1.29 is 9.53 Å². The van der Waals surface area contributed by atoms with E-state index in [1.165, 1.54) is 0 Å². The van der Waals surface area contributed by atoms with Crippen LogP contribution in [0.1, 0.15) is 17.5 Å². The van der Waals surface area contributed by atoms with E-state index >= 15 is 0 Å². The van der Waals surface area contributed by atoms with Gasteiger partial charge >= 0.3 is 0 Å². The largest absolute Gasteiger partial charge is 0.495 e. The number of hydrogen-bond acceptors (Lipinski definition) is 3. The third kappa shape index (κ3) is 4.89. The summed E-state index contributed by atoms with van der Waals surface area (Å²) >= 11 is 6.07. The predicted molar refractivity (Wildman–Crippen MR) is 95.7 cm³/mol. The molecule has 1 amide bonds. The van der Waals surface area contributed by atoms with Crippen molar-refractivity contribution in [2.24, 2.45) is 0 Å². The molecular formula is C18H21ClN2O2. The van der Waals surface area contributed by atoms with Crippen LogP contribution in [0.15, 0.2) is 36.4 Å². The Morgan fingerprint density at radius 3 is 2.65 bits per heavy atom. The number of halogens is 1. The fourth-order valence-electron chi connectivity index (χ4n) is 2.18. The summed E-state index contributed by atoms with van der Waals surface area (Å²) in [5.41, 5.74) is 3.90. The molecule has 0 atom stereocenters. The SMILES string of the molecule is COc1ccc(NCCC(=O)Nc2cc(C)ccc2C)cc1Cl. The van der Waals surface area contributed by atoms with Crippen molar-refractivity contribution in [3.63, 3.8) is 0 Å². The van der Waals surface area contributed by atoms with Gasteiger partial charge < -0.3 is 15.4 Å². The molecule has 0 radical (unpaired) electrons. The second-order valence-electron chi connectivity index (χ2n) is 5.39. The van der Waals surface area contributed by atoms with Gasteiger partial charge in [-0.25, -0.2) is 0 Å². The molecule has 122 valence electrons. The maximum Gasteiger partial charge on any atom is 0.226 e. The molecule has 0 heterocycles. The van der Waals surface area contributed by atoms with Crippen LogP contribution < -0.4 is 15.4 Å². The summed E-state index contributed by atoms with van der Waals surface area (Å²) in [6, 6.07) is 11.4. The summed E-state index contributed by atoms with van der Waals surface area (Å²) in [7, 11) is 1.58. The zero-order chi connectivity index (χ0) is 16.8. The molecule has 5 heteroatoms. The first kappa shape index (κ1) is 17.2. The number of anilines is 2. The van der Waals surface area contributed by atoms with Gasteiger partial charge in [-0.05, 0) is 49.2 Å². The van der Waals surface area contributed by atoms with Crippen LogP contribution in [0, 0.1) is 13.8 Å². The van der Waals surface area contributed by atoms with Crippen molar-refractivity contribution in [3.05, 3.63) is 52.5 Å². The van der Waals surface area contributed by atoms with Crippen LogP contribution in [0.4, 0.5) is 11.4 Å². The van der Waals surface area contributed by atoms with Crippen molar-refractivity contribution >= 4 is 28.9 Å². The molecule has 0 aliphatic carbocycles. The lowest BCUT2D eigenvalue weighted by Crippen LogP contribution is -2.16. The van der Waals surface area contributed by atoms with E-state index in [4.69, 9.17) is 16.3 Å². The van der Waals surface area contributed by atoms with Gasteiger partial charge in [0.1, 0.15) is 5.75 Å². The zero-order valence-electron chi connectivity index (χ0n) is 13.6. The molecule has 0 saturated heterocycles. The summed E-state index contributed by atoms with van der Waals surface area (Å²) in [5, 5.41) is 6.66. The Morgan fingerprint density at radius 1 is 1.17 bits per heavy atom. The molecule has 23 heavy (non-hydrogen) atoms. The van der Waals surface area contributed by atoms with Gasteiger partial charge in [-0.15, -0.1) is 0 Å². The molecule has 2 rings (SSSR count). The van der Waals surface area contributed by atoms with E-state index in [9.17, 15) is 4.79 Å². The number of amides is 1. The van der Waals surface area contributed by atoms with Crippen molar-refractivity contribution in [2.45, 2.75) is 20.3 Å². The van der Waals surface area contributed by atoms with Gasteiger partial charge in [0.05, 0.1) is 12.1 Å². The summed E-state index contributed by atoms with van der Waals surface area (Å²) in [5.74, 6) is 0.607. The number of rotatable bonds is 6. The highest BCUT2D eigenvalue weighted by Gasteiger charge is 2.06. The molecule has 0 fully saturated rings. The van der Waals surface area contributed by atoms with Crippen LogP contribution in [-0.4, -0.2) is 19.6 Å². The van der Waals surface area contributed by atoms with Gasteiger partial charge in [-0.3, -0.25) is 4.79 Å². The van der Waals surface area contributed by atoms with E-state index < -0.39 is 0 Å². The predicted octanol–water partition coefficient (Wildman–Crippen LogP) is 4.41. The Morgan fingerprint density at radius 2 is 1.96 bits per heavy atom. The lowest BCUT2D eigenvalue weighted by Gasteiger charge is -2.11. The molecule has 0 aliphatic heterocycles. The molecule has 0 saturated carbocycles. The van der Waals surface area contributed by atoms with Gasteiger partial charge in [0.15, 0.2) is 0 Å². The highest BCUT2D eigenvalue weighted by Crippen LogP contribution is 2.27. The fraction of sp³-hybridized carbons (Fsp3) is 0.278. The monoisotopic (exact) mass is 332 g/mol. The minimum atomic E-state index is -0.0224. The lowest BCUT2D eigenvalue weighted by molar-refractivity contribution is -0.115. The van der Waals surface area contributed by atoms with Gasteiger partial charge in [0.2, 0.25) is 5.91 Å². The smallest absolute Gasteiger partial charge is 0.226 e. The van der Waals surface area contributed by atoms with Crippen LogP contribution in [0.2, 0.25) is 5.02 Å². The molecule has 0 spiro atoms. The van der Waals surface area contributed by atoms with Gasteiger partial charge in [-0.2, -0.15) is 0 Å². The molecule has 0 aliphatic rings. The molecule has 4 nitrogen and oxygen atoms in total. The average molecular weight is 333 g/mol. The molecule has 0 aromatic heterocycles. The molecule has 0 unspecified atom stereocenters. The van der Waals surface area contributed by atoms with Crippen LogP contribution in [-0.2, 0) is 4.79 Å². The van der Waals surface area contributed by atoms with Crippen molar-refractivity contribution in [1.82, 2.24) is 0 Å². The van der Waals surface area contributed by atoms with E-state index in [0.717, 1.165) is 22.5 Å². The number of benzene rings is 2. The Kier molecular flexibility index (Phi) is 5.88. The van der Waals surface area contributed by atoms with E-state index in [2.05, 4.69) is 10.6 Å². The minimum Gasteiger partial charge on any atom is -0.495 e. The Bertz CT molecular complexity index is 701. The van der Waals surface area contributed by atoms with Crippen LogP contribution in [0.25, 0.3) is 0 Å². The van der Waals surface area contributed by atoms with Crippen molar-refractivity contribution in [2.75, 3.05) is 24.3 Å². The quantitative estimate of drug-likeness (QED) is 0.824. The van der Waals surface area contributed by atoms with Crippen LogP contribution >= 0.6 is 11.6 Å². The lowest BCUT2D eigenvalue weighted by atomic mass is 10.1. The maximum atomic E-state index is 12.0. The Labute approximate surface area is 141 Å². The van der Waals surface area contributed by atoms with Crippen molar-refractivity contribution in [1.29, 1.82) is 0 Å². The summed E-state index contributed by atoms with van der Waals surface area (Å²) in [6.45, 7) is 4.51. The Balaban J connectivity index is 1.85. The van der Waals surface area contributed by atoms with Crippen molar-refractivity contribution in [3.8, 4) is 5.75 Å². The second-order valence-corrected chi connectivity index (χ2v) is 5.80. The number of aryl methyl sites for hydroxylation is 2. The van der Waals surface area contributed by atoms with Crippen LogP contribution in [0.3, 0.4) is 0 Å². The third-order valence-electron chi connectivity index (χ3n) is 3.50. The van der Waals surface area contributed by atoms with Crippen LogP contribution in [0.5, 0.6) is 5.75 Å². The fourth-order valence-corrected chi connectivity index (χ4v) is 2.44. The first-order chi connectivity index (χ1) is 11.0. The number of methoxy groups -OCH3 is 1. The van der Waals surface area contributed by atoms with Gasteiger partial charge in [0, 0.05) is 24.3 Å². The molecular weight excluding hydrogens is 312 g/mol. The first-order valence-electron chi connectivity index (χ1n) is 7.44. The maximum absolute atomic E-state index is 12.0. The number of carbonyl (C=O) groups is 1. The normalized spacial score (nSPS) is 10.3. The third-order valence-corrected chi connectivity index (χ3v) is 3.80. The first-order valence-corrected chi connectivity index (χ1v) is 7.82. The number of ether oxygens (including phenoxy) is 1. The minimum absolute atomic E-state index is 0.0224. The highest BCUT2D eigenvalue weighted by molar-refractivity contribution is 6.32. The highest BCUT2D eigenvalue weighted by atomic mass is 35.5. The second kappa shape index (κ2) is 7.88. The van der Waals surface area contributed by atoms with E-state index in [1.807, 2.05) is 38.1 Å².